The summed E-state index contributed by atoms with van der Waals surface area (Å²) in [6.07, 6.45) is 5.89. The number of nitrogens with zero attached hydrogens (tertiary/aromatic N) is 2. The van der Waals surface area contributed by atoms with Gasteiger partial charge in [0.25, 0.3) is 5.91 Å². The topological polar surface area (TPSA) is 33.2 Å². The van der Waals surface area contributed by atoms with Gasteiger partial charge < -0.3 is 4.90 Å². The second kappa shape index (κ2) is 12.0. The van der Waals surface area contributed by atoms with Gasteiger partial charge in [-0.2, -0.15) is 0 Å². The van der Waals surface area contributed by atoms with Gasteiger partial charge in [-0.25, -0.2) is 4.98 Å². The Labute approximate surface area is 176 Å². The summed E-state index contributed by atoms with van der Waals surface area (Å²) >= 11 is 1.57. The van der Waals surface area contributed by atoms with Crippen molar-refractivity contribution in [1.29, 1.82) is 0 Å². The third-order valence-corrected chi connectivity index (χ3v) is 6.04. The summed E-state index contributed by atoms with van der Waals surface area (Å²) in [7, 11) is 0. The molecule has 0 unspecified atom stereocenters. The molecule has 2 aromatic rings. The molecule has 1 aromatic carbocycles. The fourth-order valence-corrected chi connectivity index (χ4v) is 4.73. The van der Waals surface area contributed by atoms with Gasteiger partial charge in [-0.05, 0) is 37.2 Å². The Morgan fingerprint density at radius 3 is 2.46 bits per heavy atom. The van der Waals surface area contributed by atoms with E-state index in [2.05, 4.69) is 28.9 Å². The predicted octanol–water partition coefficient (Wildman–Crippen LogP) is 7.29. The predicted molar refractivity (Wildman–Crippen MR) is 123 cm³/mol. The molecule has 28 heavy (non-hydrogen) atoms. The summed E-state index contributed by atoms with van der Waals surface area (Å²) in [5.41, 5.74) is 3.54. The highest BCUT2D eigenvalue weighted by Gasteiger charge is 2.50. The zero-order valence-electron chi connectivity index (χ0n) is 17.4. The summed E-state index contributed by atoms with van der Waals surface area (Å²) in [6.45, 7) is 10.2. The monoisotopic (exact) mass is 402 g/mol. The normalized spacial score (nSPS) is 21.8. The minimum atomic E-state index is 0. The molecule has 3 nitrogen and oxygen atoms in total. The number of hydrogen-bond acceptors (Lipinski definition) is 3. The van der Waals surface area contributed by atoms with Gasteiger partial charge in [-0.15, -0.1) is 11.3 Å². The second-order valence-corrected chi connectivity index (χ2v) is 7.55. The molecular weight excluding hydrogens is 364 g/mol. The maximum Gasteiger partial charge on any atom is 0.274 e. The highest BCUT2D eigenvalue weighted by Crippen LogP contribution is 2.47. The number of benzene rings is 1. The van der Waals surface area contributed by atoms with E-state index in [4.69, 9.17) is 0 Å². The average molecular weight is 403 g/mol. The lowest BCUT2D eigenvalue weighted by Gasteiger charge is -2.35. The summed E-state index contributed by atoms with van der Waals surface area (Å²) in [5, 5.41) is 0. The first-order valence-electron chi connectivity index (χ1n) is 10.6. The smallest absolute Gasteiger partial charge is 0.274 e. The lowest BCUT2D eigenvalue weighted by molar-refractivity contribution is 0.0569. The Morgan fingerprint density at radius 1 is 1.14 bits per heavy atom. The lowest BCUT2D eigenvalue weighted by Crippen LogP contribution is -2.45. The zero-order chi connectivity index (χ0) is 19.8. The highest BCUT2D eigenvalue weighted by molar-refractivity contribution is 7.13. The van der Waals surface area contributed by atoms with Crippen molar-refractivity contribution in [2.45, 2.75) is 86.2 Å². The van der Waals surface area contributed by atoms with Crippen molar-refractivity contribution in [3.63, 3.8) is 0 Å². The van der Waals surface area contributed by atoms with Crippen LogP contribution in [0.25, 0.3) is 10.4 Å². The van der Waals surface area contributed by atoms with Gasteiger partial charge in [0.1, 0.15) is 5.69 Å². The maximum absolute atomic E-state index is 13.2. The van der Waals surface area contributed by atoms with Crippen LogP contribution in [0.1, 0.15) is 84.6 Å². The number of hydrogen-bond donors (Lipinski definition) is 0. The molecule has 2 aliphatic rings. The standard InChI is InChI=1S/C19H22N2OS.2C2H6.CH4/c1-2-6-15-10-9-14-11-16(14)21(15)19(22)17-18(23-12-20-17)13-7-4-3-5-8-13;2*1-2;/h3-5,7-8,12,14-16H,2,6,9-11H2,1H3;2*1-2H3;1H4/t14-,15-,16+;;;/m1.../s1. The molecule has 1 saturated carbocycles. The average Bonchev–Trinajstić information content (AvgIpc) is 3.36. The molecule has 1 aliphatic carbocycles. The Balaban J connectivity index is 0.000000739. The minimum Gasteiger partial charge on any atom is -0.331 e. The molecule has 0 spiro atoms. The third kappa shape index (κ3) is 5.22. The number of carbonyl (C=O) groups excluding carboxylic acids is 1. The number of rotatable bonds is 4. The fraction of sp³-hybridized carbons (Fsp3) is 0.583. The first kappa shape index (κ1) is 24.4. The summed E-state index contributed by atoms with van der Waals surface area (Å²) in [4.78, 5) is 20.9. The number of thiazole rings is 1. The molecular formula is C24H38N2OS. The van der Waals surface area contributed by atoms with Crippen LogP contribution in [0.5, 0.6) is 0 Å². The summed E-state index contributed by atoms with van der Waals surface area (Å²) in [6, 6.07) is 11.0. The number of aromatic nitrogens is 1. The van der Waals surface area contributed by atoms with E-state index in [0.29, 0.717) is 17.8 Å². The minimum absolute atomic E-state index is 0. The van der Waals surface area contributed by atoms with Gasteiger partial charge in [-0.1, -0.05) is 78.8 Å². The number of amides is 1. The molecule has 0 bridgehead atoms. The van der Waals surface area contributed by atoms with E-state index < -0.39 is 0 Å². The molecule has 4 heteroatoms. The Hall–Kier alpha value is -1.68. The molecule has 1 amide bonds. The molecule has 0 radical (unpaired) electrons. The van der Waals surface area contributed by atoms with Gasteiger partial charge in [0, 0.05) is 12.1 Å². The summed E-state index contributed by atoms with van der Waals surface area (Å²) < 4.78 is 0. The fourth-order valence-electron chi connectivity index (χ4n) is 3.95. The largest absolute Gasteiger partial charge is 0.331 e. The van der Waals surface area contributed by atoms with Crippen LogP contribution in [0.4, 0.5) is 0 Å². The Kier molecular flexibility index (Phi) is 10.4. The second-order valence-electron chi connectivity index (χ2n) is 6.69. The van der Waals surface area contributed by atoms with Crippen LogP contribution in [0, 0.1) is 5.92 Å². The van der Waals surface area contributed by atoms with E-state index in [1.54, 1.807) is 16.8 Å². The van der Waals surface area contributed by atoms with E-state index in [-0.39, 0.29) is 13.3 Å². The molecule has 2 heterocycles. The van der Waals surface area contributed by atoms with Crippen LogP contribution in [-0.4, -0.2) is 27.9 Å². The van der Waals surface area contributed by atoms with Crippen molar-refractivity contribution in [2.24, 2.45) is 5.92 Å². The molecule has 0 N–H and O–H groups in total. The molecule has 2 fully saturated rings. The first-order chi connectivity index (χ1) is 13.3. The van der Waals surface area contributed by atoms with Crippen molar-refractivity contribution >= 4 is 17.2 Å². The highest BCUT2D eigenvalue weighted by atomic mass is 32.1. The van der Waals surface area contributed by atoms with Gasteiger partial charge in [0.2, 0.25) is 0 Å². The lowest BCUT2D eigenvalue weighted by atomic mass is 9.97. The number of carbonyl (C=O) groups is 1. The van der Waals surface area contributed by atoms with Crippen LogP contribution in [0.2, 0.25) is 0 Å². The quantitative estimate of drug-likeness (QED) is 0.538. The third-order valence-electron chi connectivity index (χ3n) is 5.17. The molecule has 4 rings (SSSR count). The number of likely N-dealkylation sites (tertiary alicyclic amines) is 1. The SMILES string of the molecule is C.CC.CC.CCC[C@@H]1CC[C@@H]2C[C@@H]2N1C(=O)c1ncsc1-c1ccccc1. The molecule has 1 saturated heterocycles. The van der Waals surface area contributed by atoms with E-state index >= 15 is 0 Å². The van der Waals surface area contributed by atoms with Gasteiger partial charge in [0.05, 0.1) is 10.4 Å². The maximum atomic E-state index is 13.2. The molecule has 156 valence electrons. The molecule has 1 aromatic heterocycles. The van der Waals surface area contributed by atoms with Crippen molar-refractivity contribution in [1.82, 2.24) is 9.88 Å². The Bertz CT molecular complexity index is 698. The number of piperidine rings is 1. The molecule has 1 aliphatic heterocycles. The van der Waals surface area contributed by atoms with Gasteiger partial charge in [0.15, 0.2) is 0 Å². The first-order valence-corrected chi connectivity index (χ1v) is 11.5. The van der Waals surface area contributed by atoms with Gasteiger partial charge >= 0.3 is 0 Å². The summed E-state index contributed by atoms with van der Waals surface area (Å²) in [5.74, 6) is 0.890. The van der Waals surface area contributed by atoms with Crippen LogP contribution in [0.15, 0.2) is 35.8 Å². The molecule has 3 atom stereocenters. The van der Waals surface area contributed by atoms with Gasteiger partial charge in [-0.3, -0.25) is 4.79 Å². The van der Waals surface area contributed by atoms with Crippen LogP contribution in [0.3, 0.4) is 0 Å². The van der Waals surface area contributed by atoms with Crippen LogP contribution >= 0.6 is 11.3 Å². The van der Waals surface area contributed by atoms with Crippen LogP contribution in [-0.2, 0) is 0 Å². The van der Waals surface area contributed by atoms with Crippen LogP contribution < -0.4 is 0 Å². The van der Waals surface area contributed by atoms with Crippen molar-refractivity contribution < 1.29 is 4.79 Å². The van der Waals surface area contributed by atoms with Crippen molar-refractivity contribution in [3.05, 3.63) is 41.5 Å². The van der Waals surface area contributed by atoms with Crippen molar-refractivity contribution in [2.75, 3.05) is 0 Å². The van der Waals surface area contributed by atoms with E-state index in [0.717, 1.165) is 35.6 Å². The van der Waals surface area contributed by atoms with Crippen molar-refractivity contribution in [3.8, 4) is 10.4 Å². The Morgan fingerprint density at radius 2 is 1.82 bits per heavy atom. The number of fused-ring (bicyclic) bond motifs is 1. The zero-order valence-corrected chi connectivity index (χ0v) is 18.3. The van der Waals surface area contributed by atoms with E-state index in [1.807, 2.05) is 45.9 Å². The van der Waals surface area contributed by atoms with E-state index in [9.17, 15) is 4.79 Å². The van der Waals surface area contributed by atoms with E-state index in [1.165, 1.54) is 12.8 Å².